The van der Waals surface area contributed by atoms with Crippen LogP contribution >= 0.6 is 0 Å². The highest BCUT2D eigenvalue weighted by Crippen LogP contribution is 2.11. The first kappa shape index (κ1) is 10.4. The fourth-order valence-electron chi connectivity index (χ4n) is 0.609. The third kappa shape index (κ3) is 4.75. The Morgan fingerprint density at radius 1 is 1.45 bits per heavy atom. The van der Waals surface area contributed by atoms with Crippen LogP contribution in [-0.2, 0) is 14.4 Å². The molecule has 0 aromatic rings. The summed E-state index contributed by atoms with van der Waals surface area (Å²) in [5, 5.41) is 0. The number of hydrogen-bond donors (Lipinski definition) is 1. The highest BCUT2D eigenvalue weighted by molar-refractivity contribution is 5.75. The standard InChI is InChI=1S/C7H15NO3/c1-7(2,10-3)5-6(9)8-11-4/h5H2,1-4H3,(H,8,9). The summed E-state index contributed by atoms with van der Waals surface area (Å²) >= 11 is 0. The number of carbonyl (C=O) groups is 1. The van der Waals surface area contributed by atoms with Crippen molar-refractivity contribution in [3.05, 3.63) is 0 Å². The summed E-state index contributed by atoms with van der Waals surface area (Å²) in [6, 6.07) is 0. The van der Waals surface area contributed by atoms with Crippen molar-refractivity contribution < 1.29 is 14.4 Å². The van der Waals surface area contributed by atoms with E-state index >= 15 is 0 Å². The SMILES string of the molecule is CONC(=O)CC(C)(C)OC. The van der Waals surface area contributed by atoms with Crippen molar-refractivity contribution in [1.82, 2.24) is 5.48 Å². The zero-order valence-electron chi connectivity index (χ0n) is 7.43. The smallest absolute Gasteiger partial charge is 0.246 e. The van der Waals surface area contributed by atoms with E-state index in [1.165, 1.54) is 7.11 Å². The summed E-state index contributed by atoms with van der Waals surface area (Å²) in [6.45, 7) is 3.67. The van der Waals surface area contributed by atoms with Crippen LogP contribution in [-0.4, -0.2) is 25.7 Å². The molecule has 0 heterocycles. The Morgan fingerprint density at radius 3 is 2.36 bits per heavy atom. The van der Waals surface area contributed by atoms with Gasteiger partial charge in [0.05, 0.1) is 19.1 Å². The summed E-state index contributed by atoms with van der Waals surface area (Å²) in [4.78, 5) is 15.3. The molecular formula is C7H15NO3. The average Bonchev–Trinajstić information content (AvgIpc) is 1.87. The first-order valence-corrected chi connectivity index (χ1v) is 3.39. The zero-order valence-corrected chi connectivity index (χ0v) is 7.43. The number of hydroxylamine groups is 1. The van der Waals surface area contributed by atoms with E-state index in [0.29, 0.717) is 0 Å². The van der Waals surface area contributed by atoms with Crippen molar-refractivity contribution in [1.29, 1.82) is 0 Å². The third-order valence-electron chi connectivity index (χ3n) is 1.35. The highest BCUT2D eigenvalue weighted by atomic mass is 16.6. The topological polar surface area (TPSA) is 47.6 Å². The molecule has 0 rings (SSSR count). The summed E-state index contributed by atoms with van der Waals surface area (Å²) < 4.78 is 5.04. The van der Waals surface area contributed by atoms with Gasteiger partial charge in [0.25, 0.3) is 0 Å². The molecule has 1 amide bonds. The molecule has 11 heavy (non-hydrogen) atoms. The van der Waals surface area contributed by atoms with Crippen molar-refractivity contribution >= 4 is 5.91 Å². The third-order valence-corrected chi connectivity index (χ3v) is 1.35. The van der Waals surface area contributed by atoms with Gasteiger partial charge in [0.2, 0.25) is 5.91 Å². The van der Waals surface area contributed by atoms with Gasteiger partial charge in [-0.2, -0.15) is 0 Å². The quantitative estimate of drug-likeness (QED) is 0.610. The zero-order chi connectivity index (χ0) is 8.91. The molecule has 0 aliphatic carbocycles. The Kier molecular flexibility index (Phi) is 4.07. The van der Waals surface area contributed by atoms with Gasteiger partial charge in [0.1, 0.15) is 0 Å². The van der Waals surface area contributed by atoms with Crippen LogP contribution in [0.15, 0.2) is 0 Å². The molecule has 0 bridgehead atoms. The minimum atomic E-state index is -0.428. The number of amides is 1. The highest BCUT2D eigenvalue weighted by Gasteiger charge is 2.20. The molecule has 0 fully saturated rings. The number of hydrogen-bond acceptors (Lipinski definition) is 3. The maximum Gasteiger partial charge on any atom is 0.246 e. The van der Waals surface area contributed by atoms with Gasteiger partial charge < -0.3 is 4.74 Å². The predicted octanol–water partition coefficient (Wildman–Crippen LogP) is 0.479. The minimum Gasteiger partial charge on any atom is -0.378 e. The second kappa shape index (κ2) is 4.31. The molecule has 0 aromatic heterocycles. The molecular weight excluding hydrogens is 146 g/mol. The Bertz CT molecular complexity index is 134. The predicted molar refractivity (Wildman–Crippen MR) is 40.9 cm³/mol. The van der Waals surface area contributed by atoms with E-state index in [0.717, 1.165) is 0 Å². The second-order valence-electron chi connectivity index (χ2n) is 2.87. The maximum absolute atomic E-state index is 10.9. The molecule has 0 saturated carbocycles. The van der Waals surface area contributed by atoms with Crippen LogP contribution in [0, 0.1) is 0 Å². The molecule has 0 atom stereocenters. The van der Waals surface area contributed by atoms with Gasteiger partial charge in [-0.25, -0.2) is 5.48 Å². The lowest BCUT2D eigenvalue weighted by Crippen LogP contribution is -2.33. The largest absolute Gasteiger partial charge is 0.378 e. The Morgan fingerprint density at radius 2 is 2.00 bits per heavy atom. The normalized spacial score (nSPS) is 11.3. The van der Waals surface area contributed by atoms with Crippen LogP contribution in [0.5, 0.6) is 0 Å². The van der Waals surface area contributed by atoms with Crippen LogP contribution in [0.2, 0.25) is 0 Å². The molecule has 4 heteroatoms. The van der Waals surface area contributed by atoms with E-state index < -0.39 is 5.60 Å². The van der Waals surface area contributed by atoms with Gasteiger partial charge in [0.15, 0.2) is 0 Å². The van der Waals surface area contributed by atoms with Crippen molar-refractivity contribution in [2.24, 2.45) is 0 Å². The lowest BCUT2D eigenvalue weighted by molar-refractivity contribution is -0.136. The molecule has 4 nitrogen and oxygen atoms in total. The molecule has 0 saturated heterocycles. The second-order valence-corrected chi connectivity index (χ2v) is 2.87. The van der Waals surface area contributed by atoms with E-state index in [1.54, 1.807) is 7.11 Å². The molecule has 0 aliphatic rings. The van der Waals surface area contributed by atoms with Crippen molar-refractivity contribution in [2.45, 2.75) is 25.9 Å². The molecule has 66 valence electrons. The van der Waals surface area contributed by atoms with Crippen LogP contribution in [0.3, 0.4) is 0 Å². The summed E-state index contributed by atoms with van der Waals surface area (Å²) in [5.74, 6) is -0.181. The Balaban J connectivity index is 3.74. The molecule has 0 aliphatic heterocycles. The molecule has 0 aromatic carbocycles. The lowest BCUT2D eigenvalue weighted by atomic mass is 10.1. The molecule has 1 N–H and O–H groups in total. The first-order chi connectivity index (χ1) is 5.02. The van der Waals surface area contributed by atoms with Crippen LogP contribution in [0.4, 0.5) is 0 Å². The van der Waals surface area contributed by atoms with Crippen molar-refractivity contribution in [2.75, 3.05) is 14.2 Å². The van der Waals surface area contributed by atoms with E-state index in [-0.39, 0.29) is 12.3 Å². The van der Waals surface area contributed by atoms with Gasteiger partial charge in [-0.3, -0.25) is 9.63 Å². The van der Waals surface area contributed by atoms with E-state index in [1.807, 2.05) is 13.8 Å². The number of ether oxygens (including phenoxy) is 1. The van der Waals surface area contributed by atoms with Crippen LogP contribution < -0.4 is 5.48 Å². The number of carbonyl (C=O) groups excluding carboxylic acids is 1. The first-order valence-electron chi connectivity index (χ1n) is 3.39. The van der Waals surface area contributed by atoms with Gasteiger partial charge in [0, 0.05) is 7.11 Å². The lowest BCUT2D eigenvalue weighted by Gasteiger charge is -2.21. The van der Waals surface area contributed by atoms with E-state index in [4.69, 9.17) is 4.74 Å². The van der Waals surface area contributed by atoms with Gasteiger partial charge in [-0.15, -0.1) is 0 Å². The van der Waals surface area contributed by atoms with E-state index in [9.17, 15) is 4.79 Å². The summed E-state index contributed by atoms with van der Waals surface area (Å²) in [7, 11) is 2.97. The van der Waals surface area contributed by atoms with Crippen LogP contribution in [0.25, 0.3) is 0 Å². The molecule has 0 spiro atoms. The van der Waals surface area contributed by atoms with E-state index in [2.05, 4.69) is 10.3 Å². The van der Waals surface area contributed by atoms with Crippen molar-refractivity contribution in [3.8, 4) is 0 Å². The number of methoxy groups -OCH3 is 1. The summed E-state index contributed by atoms with van der Waals surface area (Å²) in [5.41, 5.74) is 1.79. The van der Waals surface area contributed by atoms with Gasteiger partial charge in [-0.1, -0.05) is 0 Å². The van der Waals surface area contributed by atoms with Gasteiger partial charge in [-0.05, 0) is 13.8 Å². The van der Waals surface area contributed by atoms with Crippen LogP contribution in [0.1, 0.15) is 20.3 Å². The van der Waals surface area contributed by atoms with Gasteiger partial charge >= 0.3 is 0 Å². The molecule has 0 radical (unpaired) electrons. The maximum atomic E-state index is 10.9. The average molecular weight is 161 g/mol. The minimum absolute atomic E-state index is 0.181. The number of rotatable bonds is 4. The fraction of sp³-hybridized carbons (Fsp3) is 0.857. The Hall–Kier alpha value is -0.610. The number of nitrogens with one attached hydrogen (secondary N) is 1. The monoisotopic (exact) mass is 161 g/mol. The van der Waals surface area contributed by atoms with Crippen molar-refractivity contribution in [3.63, 3.8) is 0 Å². The Labute approximate surface area is 66.8 Å². The molecule has 0 unspecified atom stereocenters. The fourth-order valence-corrected chi connectivity index (χ4v) is 0.609. The summed E-state index contributed by atoms with van der Waals surface area (Å²) in [6.07, 6.45) is 0.289.